The van der Waals surface area contributed by atoms with Crippen molar-refractivity contribution in [3.63, 3.8) is 0 Å². The lowest BCUT2D eigenvalue weighted by Gasteiger charge is -2.38. The summed E-state index contributed by atoms with van der Waals surface area (Å²) >= 11 is 0. The van der Waals surface area contributed by atoms with E-state index in [1.54, 1.807) is 6.33 Å². The molecule has 1 saturated heterocycles. The van der Waals surface area contributed by atoms with Crippen molar-refractivity contribution in [3.8, 4) is 11.3 Å². The molecule has 0 saturated carbocycles. The molecule has 29 heavy (non-hydrogen) atoms. The van der Waals surface area contributed by atoms with Crippen molar-refractivity contribution in [2.45, 2.75) is 39.3 Å². The Morgan fingerprint density at radius 3 is 2.59 bits per heavy atom. The Balaban J connectivity index is 1.69. The Labute approximate surface area is 170 Å². The maximum Gasteiger partial charge on any atom is 0.404 e. The number of ether oxygens (including phenoxy) is 1. The zero-order valence-electron chi connectivity index (χ0n) is 17.0. The molecule has 0 aliphatic carbocycles. The van der Waals surface area contributed by atoms with Crippen LogP contribution in [0.15, 0.2) is 54.9 Å². The monoisotopic (exact) mass is 390 g/mol. The van der Waals surface area contributed by atoms with E-state index in [2.05, 4.69) is 66.0 Å². The molecular formula is C23H26N4O2. The average molecular weight is 390 g/mol. The molecule has 3 aromatic rings. The smallest absolute Gasteiger partial charge is 0.404 e. The highest BCUT2D eigenvalue weighted by molar-refractivity contribution is 5.87. The lowest BCUT2D eigenvalue weighted by molar-refractivity contribution is 0.0753. The number of aromatic nitrogens is 2. The minimum absolute atomic E-state index is 0.0191. The normalized spacial score (nSPS) is 19.5. The number of benzene rings is 2. The summed E-state index contributed by atoms with van der Waals surface area (Å²) in [5, 5.41) is 2.37. The molecule has 0 radical (unpaired) electrons. The number of nitrogens with two attached hydrogens (primary N) is 1. The van der Waals surface area contributed by atoms with E-state index >= 15 is 0 Å². The maximum atomic E-state index is 11.4. The molecule has 0 bridgehead atoms. The molecule has 6 nitrogen and oxygen atoms in total. The predicted octanol–water partition coefficient (Wildman–Crippen LogP) is 4.39. The molecule has 0 spiro atoms. The summed E-state index contributed by atoms with van der Waals surface area (Å²) in [4.78, 5) is 22.6. The predicted molar refractivity (Wildman–Crippen MR) is 115 cm³/mol. The maximum absolute atomic E-state index is 11.4. The molecule has 2 aromatic carbocycles. The van der Waals surface area contributed by atoms with Gasteiger partial charge in [-0.25, -0.2) is 14.8 Å². The first-order valence-electron chi connectivity index (χ1n) is 9.87. The summed E-state index contributed by atoms with van der Waals surface area (Å²) in [6.07, 6.45) is 1.33. The lowest BCUT2D eigenvalue weighted by Crippen LogP contribution is -2.47. The summed E-state index contributed by atoms with van der Waals surface area (Å²) < 4.78 is 5.42. The van der Waals surface area contributed by atoms with Gasteiger partial charge in [0.15, 0.2) is 0 Å². The van der Waals surface area contributed by atoms with Gasteiger partial charge in [0.2, 0.25) is 0 Å². The molecular weight excluding hydrogens is 364 g/mol. The van der Waals surface area contributed by atoms with Gasteiger partial charge < -0.3 is 15.4 Å². The summed E-state index contributed by atoms with van der Waals surface area (Å²) in [5.74, 6) is 0.832. The third-order valence-corrected chi connectivity index (χ3v) is 5.49. The highest BCUT2D eigenvalue weighted by atomic mass is 16.6. The van der Waals surface area contributed by atoms with Gasteiger partial charge in [0, 0.05) is 24.6 Å². The van der Waals surface area contributed by atoms with Crippen molar-refractivity contribution >= 4 is 22.7 Å². The van der Waals surface area contributed by atoms with E-state index in [1.165, 1.54) is 10.8 Å². The average Bonchev–Trinajstić information content (AvgIpc) is 3.11. The molecule has 4 rings (SSSR count). The highest BCUT2D eigenvalue weighted by Crippen LogP contribution is 2.37. The first-order chi connectivity index (χ1) is 13.8. The zero-order valence-corrected chi connectivity index (χ0v) is 17.0. The SMILES string of the molecule is CC(C)(C)C1C(OC(N)=O)CCN1c1cc(-c2ccc3ccccc3c2)ncn1. The minimum Gasteiger partial charge on any atom is -0.444 e. The van der Waals surface area contributed by atoms with E-state index in [-0.39, 0.29) is 17.6 Å². The van der Waals surface area contributed by atoms with Crippen molar-refractivity contribution in [1.82, 2.24) is 9.97 Å². The van der Waals surface area contributed by atoms with Crippen molar-refractivity contribution in [1.29, 1.82) is 0 Å². The van der Waals surface area contributed by atoms with Crippen LogP contribution in [0.2, 0.25) is 0 Å². The number of anilines is 1. The molecule has 2 unspecified atom stereocenters. The molecule has 2 N–H and O–H groups in total. The van der Waals surface area contributed by atoms with Crippen LogP contribution in [0.4, 0.5) is 10.6 Å². The minimum atomic E-state index is -0.731. The summed E-state index contributed by atoms with van der Waals surface area (Å²) in [7, 11) is 0. The first-order valence-corrected chi connectivity index (χ1v) is 9.87. The largest absolute Gasteiger partial charge is 0.444 e. The van der Waals surface area contributed by atoms with Crippen LogP contribution in [-0.4, -0.2) is 34.8 Å². The Morgan fingerprint density at radius 2 is 1.86 bits per heavy atom. The van der Waals surface area contributed by atoms with E-state index in [1.807, 2.05) is 18.2 Å². The van der Waals surface area contributed by atoms with Crippen LogP contribution in [-0.2, 0) is 4.74 Å². The first kappa shape index (κ1) is 19.2. The number of carbonyl (C=O) groups is 1. The fraction of sp³-hybridized carbons (Fsp3) is 0.348. The number of primary amides is 1. The van der Waals surface area contributed by atoms with Crippen molar-refractivity contribution in [3.05, 3.63) is 54.9 Å². The Hall–Kier alpha value is -3.15. The second kappa shape index (κ2) is 7.35. The third-order valence-electron chi connectivity index (χ3n) is 5.49. The second-order valence-electron chi connectivity index (χ2n) is 8.59. The molecule has 6 heteroatoms. The summed E-state index contributed by atoms with van der Waals surface area (Å²) in [6, 6.07) is 16.6. The number of nitrogens with zero attached hydrogens (tertiary/aromatic N) is 3. The molecule has 1 amide bonds. The van der Waals surface area contributed by atoms with E-state index in [4.69, 9.17) is 10.5 Å². The molecule has 1 aliphatic heterocycles. The fourth-order valence-corrected chi connectivity index (χ4v) is 4.33. The van der Waals surface area contributed by atoms with Crippen molar-refractivity contribution in [2.75, 3.05) is 11.4 Å². The number of amides is 1. The molecule has 2 atom stereocenters. The van der Waals surface area contributed by atoms with Gasteiger partial charge in [0.25, 0.3) is 0 Å². The van der Waals surface area contributed by atoms with Gasteiger partial charge in [-0.15, -0.1) is 0 Å². The molecule has 1 fully saturated rings. The van der Waals surface area contributed by atoms with Gasteiger partial charge in [-0.1, -0.05) is 57.2 Å². The molecule has 150 valence electrons. The van der Waals surface area contributed by atoms with E-state index < -0.39 is 6.09 Å². The number of carbonyl (C=O) groups excluding carboxylic acids is 1. The van der Waals surface area contributed by atoms with Gasteiger partial charge in [0.05, 0.1) is 11.7 Å². The summed E-state index contributed by atoms with van der Waals surface area (Å²) in [5.41, 5.74) is 7.10. The van der Waals surface area contributed by atoms with E-state index in [9.17, 15) is 4.79 Å². The summed E-state index contributed by atoms with van der Waals surface area (Å²) in [6.45, 7) is 7.16. The van der Waals surface area contributed by atoms with Gasteiger partial charge in [-0.2, -0.15) is 0 Å². The van der Waals surface area contributed by atoms with Gasteiger partial charge in [0.1, 0.15) is 18.2 Å². The Kier molecular flexibility index (Phi) is 4.86. The van der Waals surface area contributed by atoms with Crippen LogP contribution in [0, 0.1) is 5.41 Å². The van der Waals surface area contributed by atoms with Crippen LogP contribution in [0.1, 0.15) is 27.2 Å². The van der Waals surface area contributed by atoms with E-state index in [0.717, 1.165) is 30.0 Å². The third kappa shape index (κ3) is 3.88. The number of rotatable bonds is 3. The van der Waals surface area contributed by atoms with Gasteiger partial charge in [-0.05, 0) is 22.3 Å². The van der Waals surface area contributed by atoms with Crippen LogP contribution < -0.4 is 10.6 Å². The molecule has 1 aromatic heterocycles. The Morgan fingerprint density at radius 1 is 1.10 bits per heavy atom. The van der Waals surface area contributed by atoms with Crippen molar-refractivity contribution in [2.24, 2.45) is 11.1 Å². The van der Waals surface area contributed by atoms with Crippen LogP contribution >= 0.6 is 0 Å². The Bertz CT molecular complexity index is 1040. The highest BCUT2D eigenvalue weighted by Gasteiger charge is 2.44. The zero-order chi connectivity index (χ0) is 20.6. The van der Waals surface area contributed by atoms with Crippen LogP contribution in [0.3, 0.4) is 0 Å². The topological polar surface area (TPSA) is 81.3 Å². The van der Waals surface area contributed by atoms with Gasteiger partial charge in [-0.3, -0.25) is 0 Å². The fourth-order valence-electron chi connectivity index (χ4n) is 4.33. The molecule has 2 heterocycles. The van der Waals surface area contributed by atoms with Crippen LogP contribution in [0.5, 0.6) is 0 Å². The number of fused-ring (bicyclic) bond motifs is 1. The number of hydrogen-bond acceptors (Lipinski definition) is 5. The molecule has 1 aliphatic rings. The van der Waals surface area contributed by atoms with Crippen LogP contribution in [0.25, 0.3) is 22.0 Å². The number of hydrogen-bond donors (Lipinski definition) is 1. The second-order valence-corrected chi connectivity index (χ2v) is 8.59. The van der Waals surface area contributed by atoms with Crippen molar-refractivity contribution < 1.29 is 9.53 Å². The lowest BCUT2D eigenvalue weighted by atomic mass is 9.83. The van der Waals surface area contributed by atoms with E-state index in [0.29, 0.717) is 0 Å². The standard InChI is InChI=1S/C23H26N4O2/c1-23(2,3)21-19(29-22(24)28)10-11-27(21)20-13-18(25-14-26-20)17-9-8-15-6-4-5-7-16(15)12-17/h4-9,12-14,19,21H,10-11H2,1-3H3,(H2,24,28). The quantitative estimate of drug-likeness (QED) is 0.717. The van der Waals surface area contributed by atoms with Gasteiger partial charge >= 0.3 is 6.09 Å².